The first-order valence-corrected chi connectivity index (χ1v) is 16.7. The van der Waals surface area contributed by atoms with Gasteiger partial charge in [0.1, 0.15) is 23.5 Å². The summed E-state index contributed by atoms with van der Waals surface area (Å²) in [6.07, 6.45) is 1.65. The molecule has 0 radical (unpaired) electrons. The molecule has 5 amide bonds. The predicted octanol–water partition coefficient (Wildman–Crippen LogP) is 1.77. The second kappa shape index (κ2) is 16.1. The molecule has 2 N–H and O–H groups in total. The average Bonchev–Trinajstić information content (AvgIpc) is 3.83. The Hall–Kier alpha value is -5.09. The zero-order valence-corrected chi connectivity index (χ0v) is 27.7. The zero-order chi connectivity index (χ0) is 35.9. The van der Waals surface area contributed by atoms with E-state index in [4.69, 9.17) is 9.47 Å². The standard InChI is InChI=1S/C33H40F2N6O9/c1-2-49-33(48)40-16-14-39(15-17-40)31(46)22(9-10-27(43)44)37-30(45)23-18-25(28-21(36-23)8-7-20(34)29(28)35)50-19-26(42)41-13-5-6-24(41)32(47)38-11-3-4-12-38/h7-8,18,22,24H,2-6,9-17,19H2,1H3,(H,37,45)(H,43,44). The Balaban J connectivity index is 1.33. The average molecular weight is 703 g/mol. The Bertz CT molecular complexity index is 1650. The fraction of sp³-hybridized carbons (Fsp3) is 0.545. The summed E-state index contributed by atoms with van der Waals surface area (Å²) in [6.45, 7) is 3.36. The third kappa shape index (κ3) is 8.19. The number of nitrogens with zero attached hydrogens (tertiary/aromatic N) is 5. The van der Waals surface area contributed by atoms with E-state index in [1.54, 1.807) is 11.8 Å². The van der Waals surface area contributed by atoms with Crippen LogP contribution in [0.4, 0.5) is 13.6 Å². The minimum atomic E-state index is -1.32. The van der Waals surface area contributed by atoms with E-state index in [1.165, 1.54) is 14.7 Å². The van der Waals surface area contributed by atoms with Crippen LogP contribution in [0.5, 0.6) is 5.75 Å². The van der Waals surface area contributed by atoms with Crippen LogP contribution in [0.1, 0.15) is 55.9 Å². The Morgan fingerprint density at radius 1 is 0.960 bits per heavy atom. The number of carbonyl (C=O) groups is 6. The predicted molar refractivity (Wildman–Crippen MR) is 171 cm³/mol. The number of carbonyl (C=O) groups excluding carboxylic acids is 5. The summed E-state index contributed by atoms with van der Waals surface area (Å²) >= 11 is 0. The number of pyridine rings is 1. The van der Waals surface area contributed by atoms with Crippen molar-refractivity contribution >= 4 is 46.6 Å². The molecule has 2 unspecified atom stereocenters. The molecule has 15 nitrogen and oxygen atoms in total. The molecule has 270 valence electrons. The van der Waals surface area contributed by atoms with E-state index < -0.39 is 71.9 Å². The lowest BCUT2D eigenvalue weighted by Gasteiger charge is -2.35. The van der Waals surface area contributed by atoms with Gasteiger partial charge in [-0.15, -0.1) is 0 Å². The molecule has 0 saturated carbocycles. The lowest BCUT2D eigenvalue weighted by atomic mass is 10.1. The number of fused-ring (bicyclic) bond motifs is 1. The summed E-state index contributed by atoms with van der Waals surface area (Å²) in [4.78, 5) is 87.0. The van der Waals surface area contributed by atoms with Crippen LogP contribution in [-0.4, -0.2) is 136 Å². The van der Waals surface area contributed by atoms with Crippen molar-refractivity contribution in [3.05, 3.63) is 35.5 Å². The highest BCUT2D eigenvalue weighted by atomic mass is 19.2. The fourth-order valence-corrected chi connectivity index (χ4v) is 6.45. The molecule has 2 atom stereocenters. The molecule has 5 rings (SSSR count). The number of carboxylic acid groups (broad SMARTS) is 1. The van der Waals surface area contributed by atoms with Gasteiger partial charge in [-0.05, 0) is 51.2 Å². The number of carboxylic acids is 1. The summed E-state index contributed by atoms with van der Waals surface area (Å²) < 4.78 is 40.1. The number of hydrogen-bond acceptors (Lipinski definition) is 9. The van der Waals surface area contributed by atoms with Crippen molar-refractivity contribution in [3.8, 4) is 5.75 Å². The Labute approximate surface area is 286 Å². The van der Waals surface area contributed by atoms with Crippen LogP contribution in [0.2, 0.25) is 0 Å². The molecule has 1 aromatic carbocycles. The minimum absolute atomic E-state index is 0.115. The van der Waals surface area contributed by atoms with E-state index in [1.807, 2.05) is 0 Å². The van der Waals surface area contributed by atoms with Crippen molar-refractivity contribution in [2.45, 2.75) is 57.5 Å². The topological polar surface area (TPSA) is 179 Å². The van der Waals surface area contributed by atoms with Gasteiger partial charge in [0.15, 0.2) is 18.2 Å². The van der Waals surface area contributed by atoms with Crippen molar-refractivity contribution < 1.29 is 52.1 Å². The molecule has 3 aliphatic heterocycles. The summed E-state index contributed by atoms with van der Waals surface area (Å²) in [5.41, 5.74) is -0.541. The molecule has 1 aromatic heterocycles. The minimum Gasteiger partial charge on any atom is -0.483 e. The highest BCUT2D eigenvalue weighted by Crippen LogP contribution is 2.30. The summed E-state index contributed by atoms with van der Waals surface area (Å²) in [6, 6.07) is 1.00. The summed E-state index contributed by atoms with van der Waals surface area (Å²) in [5.74, 6) is -6.29. The molecule has 4 heterocycles. The molecule has 3 aliphatic rings. The number of hydrogen-bond donors (Lipinski definition) is 2. The first-order valence-electron chi connectivity index (χ1n) is 16.7. The molecule has 3 fully saturated rings. The van der Waals surface area contributed by atoms with Crippen LogP contribution in [0.25, 0.3) is 10.9 Å². The highest BCUT2D eigenvalue weighted by Gasteiger charge is 2.37. The number of halogens is 2. The number of aliphatic carboxylic acids is 1. The van der Waals surface area contributed by atoms with Crippen LogP contribution in [-0.2, 0) is 23.9 Å². The number of piperazine rings is 1. The number of rotatable bonds is 11. The monoisotopic (exact) mass is 702 g/mol. The highest BCUT2D eigenvalue weighted by molar-refractivity contribution is 5.99. The van der Waals surface area contributed by atoms with Crippen molar-refractivity contribution in [3.63, 3.8) is 0 Å². The summed E-state index contributed by atoms with van der Waals surface area (Å²) in [7, 11) is 0. The molecule has 3 saturated heterocycles. The van der Waals surface area contributed by atoms with Gasteiger partial charge < -0.3 is 39.5 Å². The van der Waals surface area contributed by atoms with E-state index in [2.05, 4.69) is 10.3 Å². The van der Waals surface area contributed by atoms with Crippen LogP contribution >= 0.6 is 0 Å². The normalized spacial score (nSPS) is 18.3. The van der Waals surface area contributed by atoms with Gasteiger partial charge in [0.2, 0.25) is 11.8 Å². The lowest BCUT2D eigenvalue weighted by Crippen LogP contribution is -2.56. The van der Waals surface area contributed by atoms with E-state index in [-0.39, 0.29) is 62.1 Å². The quantitative estimate of drug-likeness (QED) is 0.351. The van der Waals surface area contributed by atoms with Crippen molar-refractivity contribution in [2.75, 3.05) is 59.0 Å². The zero-order valence-electron chi connectivity index (χ0n) is 27.7. The van der Waals surface area contributed by atoms with E-state index in [9.17, 15) is 38.3 Å². The second-order valence-corrected chi connectivity index (χ2v) is 12.3. The maximum Gasteiger partial charge on any atom is 0.409 e. The molecule has 0 spiro atoms. The molecule has 2 aromatic rings. The molecule has 0 aliphatic carbocycles. The van der Waals surface area contributed by atoms with Crippen LogP contribution < -0.4 is 10.1 Å². The number of benzene rings is 1. The number of aromatic nitrogens is 1. The number of nitrogens with one attached hydrogen (secondary N) is 1. The molecule has 50 heavy (non-hydrogen) atoms. The third-order valence-corrected chi connectivity index (χ3v) is 9.06. The molecular formula is C33H40F2N6O9. The SMILES string of the molecule is CCOC(=O)N1CCN(C(=O)C(CCC(=O)O)NC(=O)c2cc(OCC(=O)N3CCCC3C(=O)N3CCCC3)c3c(F)c(F)ccc3n2)CC1. The van der Waals surface area contributed by atoms with Gasteiger partial charge >= 0.3 is 12.1 Å². The van der Waals surface area contributed by atoms with Crippen LogP contribution in [0.15, 0.2) is 18.2 Å². The van der Waals surface area contributed by atoms with Crippen molar-refractivity contribution in [1.29, 1.82) is 0 Å². The van der Waals surface area contributed by atoms with Gasteiger partial charge in [-0.25, -0.2) is 18.6 Å². The van der Waals surface area contributed by atoms with Gasteiger partial charge in [-0.3, -0.25) is 24.0 Å². The van der Waals surface area contributed by atoms with Gasteiger partial charge in [-0.2, -0.15) is 0 Å². The number of likely N-dealkylation sites (tertiary alicyclic amines) is 2. The first-order chi connectivity index (χ1) is 24.0. The summed E-state index contributed by atoms with van der Waals surface area (Å²) in [5, 5.41) is 11.4. The third-order valence-electron chi connectivity index (χ3n) is 9.06. The van der Waals surface area contributed by atoms with Crippen LogP contribution in [0, 0.1) is 11.6 Å². The molecular weight excluding hydrogens is 662 g/mol. The number of amides is 5. The lowest BCUT2D eigenvalue weighted by molar-refractivity contribution is -0.144. The molecule has 0 bridgehead atoms. The van der Waals surface area contributed by atoms with Gasteiger partial charge in [0.05, 0.1) is 17.5 Å². The van der Waals surface area contributed by atoms with Gasteiger partial charge in [0.25, 0.3) is 11.8 Å². The van der Waals surface area contributed by atoms with Crippen molar-refractivity contribution in [2.24, 2.45) is 0 Å². The van der Waals surface area contributed by atoms with E-state index in [0.717, 1.165) is 31.0 Å². The molecule has 17 heteroatoms. The van der Waals surface area contributed by atoms with Gasteiger partial charge in [-0.1, -0.05) is 0 Å². The number of ether oxygens (including phenoxy) is 2. The van der Waals surface area contributed by atoms with Gasteiger partial charge in [0, 0.05) is 58.3 Å². The maximum absolute atomic E-state index is 15.1. The Morgan fingerprint density at radius 3 is 2.34 bits per heavy atom. The van der Waals surface area contributed by atoms with Crippen molar-refractivity contribution in [1.82, 2.24) is 29.9 Å². The Kier molecular flexibility index (Phi) is 11.6. The second-order valence-electron chi connectivity index (χ2n) is 12.3. The van der Waals surface area contributed by atoms with E-state index in [0.29, 0.717) is 32.5 Å². The first kappa shape index (κ1) is 36.2. The fourth-order valence-electron chi connectivity index (χ4n) is 6.45. The Morgan fingerprint density at radius 2 is 1.66 bits per heavy atom. The smallest absolute Gasteiger partial charge is 0.409 e. The largest absolute Gasteiger partial charge is 0.483 e. The maximum atomic E-state index is 15.1. The van der Waals surface area contributed by atoms with E-state index >= 15 is 4.39 Å². The van der Waals surface area contributed by atoms with Crippen LogP contribution in [0.3, 0.4) is 0 Å².